The van der Waals surface area contributed by atoms with Gasteiger partial charge in [0.15, 0.2) is 15.7 Å². The van der Waals surface area contributed by atoms with Gasteiger partial charge in [-0.2, -0.15) is 8.42 Å². The molecule has 0 saturated carbocycles. The van der Waals surface area contributed by atoms with Gasteiger partial charge in [-0.15, -0.1) is 11.3 Å². The molecular formula is C12H9NO4S2. The Morgan fingerprint density at radius 2 is 2.16 bits per heavy atom. The average molecular weight is 295 g/mol. The summed E-state index contributed by atoms with van der Waals surface area (Å²) in [5.41, 5.74) is 1.16. The summed E-state index contributed by atoms with van der Waals surface area (Å²) in [4.78, 5) is 4.13. The first-order valence-corrected chi connectivity index (χ1v) is 7.68. The SMILES string of the molecule is Cc1nc2cc(OS(=O)(=O)c3cccs3)ccc2o1. The first kappa shape index (κ1) is 12.2. The molecule has 2 heterocycles. The van der Waals surface area contributed by atoms with Crippen molar-refractivity contribution in [3.05, 3.63) is 41.6 Å². The molecule has 98 valence electrons. The lowest BCUT2D eigenvalue weighted by atomic mass is 10.3. The number of hydrogen-bond donors (Lipinski definition) is 0. The van der Waals surface area contributed by atoms with E-state index in [2.05, 4.69) is 4.98 Å². The van der Waals surface area contributed by atoms with Gasteiger partial charge in [-0.05, 0) is 23.6 Å². The van der Waals surface area contributed by atoms with Crippen LogP contribution in [0.15, 0.2) is 44.3 Å². The summed E-state index contributed by atoms with van der Waals surface area (Å²) in [6.45, 7) is 1.73. The number of oxazole rings is 1. The smallest absolute Gasteiger partial charge is 0.348 e. The van der Waals surface area contributed by atoms with Crippen LogP contribution < -0.4 is 4.18 Å². The zero-order chi connectivity index (χ0) is 13.5. The van der Waals surface area contributed by atoms with E-state index in [4.69, 9.17) is 8.60 Å². The lowest BCUT2D eigenvalue weighted by Gasteiger charge is -2.04. The monoisotopic (exact) mass is 295 g/mol. The molecule has 0 N–H and O–H groups in total. The van der Waals surface area contributed by atoms with E-state index >= 15 is 0 Å². The van der Waals surface area contributed by atoms with Gasteiger partial charge in [0, 0.05) is 13.0 Å². The van der Waals surface area contributed by atoms with Crippen LogP contribution in [-0.2, 0) is 10.1 Å². The third-order valence-corrected chi connectivity index (χ3v) is 5.02. The van der Waals surface area contributed by atoms with Crippen molar-refractivity contribution in [3.63, 3.8) is 0 Å². The maximum Gasteiger partial charge on any atom is 0.348 e. The number of rotatable bonds is 3. The molecule has 3 aromatic rings. The summed E-state index contributed by atoms with van der Waals surface area (Å²) < 4.78 is 34.4. The molecule has 0 radical (unpaired) electrons. The second-order valence-electron chi connectivity index (χ2n) is 3.83. The van der Waals surface area contributed by atoms with Crippen LogP contribution in [0.1, 0.15) is 5.89 Å². The fourth-order valence-corrected chi connectivity index (χ4v) is 3.52. The van der Waals surface area contributed by atoms with Crippen molar-refractivity contribution in [3.8, 4) is 5.75 Å². The Labute approximate surface area is 113 Å². The Morgan fingerprint density at radius 3 is 2.89 bits per heavy atom. The highest BCUT2D eigenvalue weighted by atomic mass is 32.3. The minimum absolute atomic E-state index is 0.170. The summed E-state index contributed by atoms with van der Waals surface area (Å²) >= 11 is 1.11. The molecule has 3 rings (SSSR count). The highest BCUT2D eigenvalue weighted by molar-refractivity contribution is 7.89. The molecule has 5 nitrogen and oxygen atoms in total. The lowest BCUT2D eigenvalue weighted by Crippen LogP contribution is -2.07. The van der Waals surface area contributed by atoms with Crippen molar-refractivity contribution in [2.24, 2.45) is 0 Å². The highest BCUT2D eigenvalue weighted by Gasteiger charge is 2.18. The van der Waals surface area contributed by atoms with Gasteiger partial charge in [-0.1, -0.05) is 6.07 Å². The minimum Gasteiger partial charge on any atom is -0.441 e. The zero-order valence-corrected chi connectivity index (χ0v) is 11.5. The molecule has 0 atom stereocenters. The Hall–Kier alpha value is -1.86. The molecule has 1 aromatic carbocycles. The van der Waals surface area contributed by atoms with E-state index in [9.17, 15) is 8.42 Å². The van der Waals surface area contributed by atoms with E-state index in [0.29, 0.717) is 17.0 Å². The van der Waals surface area contributed by atoms with E-state index in [1.165, 1.54) is 18.2 Å². The van der Waals surface area contributed by atoms with Crippen LogP contribution in [0, 0.1) is 6.92 Å². The van der Waals surface area contributed by atoms with E-state index in [0.717, 1.165) is 11.3 Å². The quantitative estimate of drug-likeness (QED) is 0.695. The van der Waals surface area contributed by atoms with Gasteiger partial charge >= 0.3 is 10.1 Å². The molecule has 0 amide bonds. The van der Waals surface area contributed by atoms with Crippen LogP contribution in [0.4, 0.5) is 0 Å². The van der Waals surface area contributed by atoms with Crippen molar-refractivity contribution in [1.29, 1.82) is 0 Å². The molecular weight excluding hydrogens is 286 g/mol. The zero-order valence-electron chi connectivity index (χ0n) is 9.86. The largest absolute Gasteiger partial charge is 0.441 e. The van der Waals surface area contributed by atoms with Gasteiger partial charge in [0.1, 0.15) is 11.3 Å². The third kappa shape index (κ3) is 2.34. The second-order valence-corrected chi connectivity index (χ2v) is 6.55. The normalized spacial score (nSPS) is 11.8. The van der Waals surface area contributed by atoms with E-state index in [1.54, 1.807) is 24.4 Å². The van der Waals surface area contributed by atoms with E-state index in [-0.39, 0.29) is 9.96 Å². The van der Waals surface area contributed by atoms with Crippen LogP contribution in [0.5, 0.6) is 5.75 Å². The lowest BCUT2D eigenvalue weighted by molar-refractivity contribution is 0.488. The van der Waals surface area contributed by atoms with E-state index < -0.39 is 10.1 Å². The summed E-state index contributed by atoms with van der Waals surface area (Å²) in [6.07, 6.45) is 0. The van der Waals surface area contributed by atoms with Gasteiger partial charge in [0.2, 0.25) is 0 Å². The van der Waals surface area contributed by atoms with Crippen molar-refractivity contribution in [2.75, 3.05) is 0 Å². The fourth-order valence-electron chi connectivity index (χ4n) is 1.65. The van der Waals surface area contributed by atoms with Crippen molar-refractivity contribution in [2.45, 2.75) is 11.1 Å². The number of hydrogen-bond acceptors (Lipinski definition) is 6. The first-order chi connectivity index (χ1) is 9.04. The molecule has 0 spiro atoms. The van der Waals surface area contributed by atoms with Gasteiger partial charge in [0.05, 0.1) is 0 Å². The minimum atomic E-state index is -3.77. The van der Waals surface area contributed by atoms with Crippen LogP contribution in [-0.4, -0.2) is 13.4 Å². The van der Waals surface area contributed by atoms with Crippen LogP contribution in [0.3, 0.4) is 0 Å². The molecule has 0 saturated heterocycles. The van der Waals surface area contributed by atoms with Gasteiger partial charge in [0.25, 0.3) is 0 Å². The summed E-state index contributed by atoms with van der Waals surface area (Å²) in [5, 5.41) is 1.68. The topological polar surface area (TPSA) is 69.4 Å². The number of nitrogens with zero attached hydrogens (tertiary/aromatic N) is 1. The summed E-state index contributed by atoms with van der Waals surface area (Å²) in [7, 11) is -3.77. The molecule has 19 heavy (non-hydrogen) atoms. The first-order valence-electron chi connectivity index (χ1n) is 5.40. The molecule has 0 aliphatic rings. The van der Waals surface area contributed by atoms with Gasteiger partial charge in [-0.3, -0.25) is 0 Å². The Morgan fingerprint density at radius 1 is 1.32 bits per heavy atom. The molecule has 2 aromatic heterocycles. The van der Waals surface area contributed by atoms with Gasteiger partial charge in [-0.25, -0.2) is 4.98 Å². The molecule has 0 fully saturated rings. The number of aryl methyl sites for hydroxylation is 1. The maximum absolute atomic E-state index is 11.9. The van der Waals surface area contributed by atoms with Crippen molar-refractivity contribution in [1.82, 2.24) is 4.98 Å². The van der Waals surface area contributed by atoms with Crippen LogP contribution in [0.2, 0.25) is 0 Å². The number of fused-ring (bicyclic) bond motifs is 1. The standard InChI is InChI=1S/C12H9NO4S2/c1-8-13-10-7-9(4-5-11(10)16-8)17-19(14,15)12-3-2-6-18-12/h2-7H,1H3. The number of aromatic nitrogens is 1. The van der Waals surface area contributed by atoms with Crippen LogP contribution in [0.25, 0.3) is 11.1 Å². The fraction of sp³-hybridized carbons (Fsp3) is 0.0833. The Balaban J connectivity index is 1.97. The summed E-state index contributed by atoms with van der Waals surface area (Å²) in [6, 6.07) is 7.87. The Bertz CT molecular complexity index is 819. The molecule has 7 heteroatoms. The maximum atomic E-state index is 11.9. The number of benzene rings is 1. The number of thiophene rings is 1. The van der Waals surface area contributed by atoms with Gasteiger partial charge < -0.3 is 8.60 Å². The average Bonchev–Trinajstić information content (AvgIpc) is 2.95. The highest BCUT2D eigenvalue weighted by Crippen LogP contribution is 2.25. The Kier molecular flexibility index (Phi) is 2.79. The molecule has 0 aliphatic carbocycles. The van der Waals surface area contributed by atoms with Crippen molar-refractivity contribution >= 4 is 32.6 Å². The van der Waals surface area contributed by atoms with E-state index in [1.807, 2.05) is 0 Å². The molecule has 0 unspecified atom stereocenters. The molecule has 0 bridgehead atoms. The van der Waals surface area contributed by atoms with Crippen molar-refractivity contribution < 1.29 is 17.0 Å². The molecule has 0 aliphatic heterocycles. The third-order valence-electron chi connectivity index (χ3n) is 2.41. The second kappa shape index (κ2) is 4.36. The predicted molar refractivity (Wildman–Crippen MR) is 70.9 cm³/mol. The summed E-state index contributed by atoms with van der Waals surface area (Å²) in [5.74, 6) is 0.738. The van der Waals surface area contributed by atoms with Crippen LogP contribution >= 0.6 is 11.3 Å². The predicted octanol–water partition coefficient (Wildman–Crippen LogP) is 2.97.